The number of hydrogen-bond acceptors (Lipinski definition) is 3. The van der Waals surface area contributed by atoms with Crippen molar-refractivity contribution in [3.05, 3.63) is 16.7 Å². The molecular formula is C9H12BrN3O. The van der Waals surface area contributed by atoms with E-state index in [0.717, 1.165) is 0 Å². The number of nitrogens with zero attached hydrogens (tertiary/aromatic N) is 1. The van der Waals surface area contributed by atoms with Crippen LogP contribution in [0.2, 0.25) is 0 Å². The van der Waals surface area contributed by atoms with Crippen LogP contribution in [0.4, 0.5) is 11.5 Å². The van der Waals surface area contributed by atoms with Crippen LogP contribution in [0.15, 0.2) is 16.7 Å². The third-order valence-electron chi connectivity index (χ3n) is 1.63. The monoisotopic (exact) mass is 257 g/mol. The Morgan fingerprint density at radius 2 is 2.29 bits per heavy atom. The Labute approximate surface area is 91.0 Å². The number of halogens is 1. The Morgan fingerprint density at radius 3 is 2.79 bits per heavy atom. The van der Waals surface area contributed by atoms with Crippen molar-refractivity contribution in [2.24, 2.45) is 5.92 Å². The SMILES string of the molecule is CC(C)C(=O)Nc1ncc(N)cc1Br. The highest BCUT2D eigenvalue weighted by Gasteiger charge is 2.10. The van der Waals surface area contributed by atoms with Gasteiger partial charge in [0.1, 0.15) is 5.82 Å². The minimum Gasteiger partial charge on any atom is -0.397 e. The molecule has 0 saturated carbocycles. The van der Waals surface area contributed by atoms with E-state index in [1.165, 1.54) is 6.20 Å². The molecule has 1 amide bonds. The van der Waals surface area contributed by atoms with E-state index >= 15 is 0 Å². The molecule has 1 aromatic rings. The molecule has 76 valence electrons. The van der Waals surface area contributed by atoms with Crippen molar-refractivity contribution in [3.63, 3.8) is 0 Å². The maximum absolute atomic E-state index is 11.3. The van der Waals surface area contributed by atoms with Gasteiger partial charge < -0.3 is 11.1 Å². The first-order valence-electron chi connectivity index (χ1n) is 4.22. The third-order valence-corrected chi connectivity index (χ3v) is 2.23. The molecule has 5 heteroatoms. The molecule has 0 bridgehead atoms. The normalized spacial score (nSPS) is 10.3. The summed E-state index contributed by atoms with van der Waals surface area (Å²) in [5.74, 6) is 0.363. The average Bonchev–Trinajstić information content (AvgIpc) is 2.09. The summed E-state index contributed by atoms with van der Waals surface area (Å²) in [7, 11) is 0. The van der Waals surface area contributed by atoms with Gasteiger partial charge in [-0.2, -0.15) is 0 Å². The minimum atomic E-state index is -0.0683. The maximum atomic E-state index is 11.3. The lowest BCUT2D eigenvalue weighted by molar-refractivity contribution is -0.118. The maximum Gasteiger partial charge on any atom is 0.228 e. The Morgan fingerprint density at radius 1 is 1.64 bits per heavy atom. The molecule has 14 heavy (non-hydrogen) atoms. The number of nitrogens with two attached hydrogens (primary N) is 1. The van der Waals surface area contributed by atoms with Crippen LogP contribution in [0, 0.1) is 5.92 Å². The quantitative estimate of drug-likeness (QED) is 0.852. The van der Waals surface area contributed by atoms with Crippen molar-refractivity contribution in [1.29, 1.82) is 0 Å². The molecular weight excluding hydrogens is 246 g/mol. The fourth-order valence-electron chi connectivity index (χ4n) is 0.806. The molecule has 1 heterocycles. The summed E-state index contributed by atoms with van der Waals surface area (Å²) in [5.41, 5.74) is 6.07. The van der Waals surface area contributed by atoms with Gasteiger partial charge in [0.05, 0.1) is 16.4 Å². The van der Waals surface area contributed by atoms with Crippen molar-refractivity contribution in [1.82, 2.24) is 4.98 Å². The van der Waals surface area contributed by atoms with E-state index < -0.39 is 0 Å². The molecule has 0 aliphatic heterocycles. The highest BCUT2D eigenvalue weighted by atomic mass is 79.9. The smallest absolute Gasteiger partial charge is 0.228 e. The zero-order valence-electron chi connectivity index (χ0n) is 8.04. The summed E-state index contributed by atoms with van der Waals surface area (Å²) in [6, 6.07) is 1.70. The standard InChI is InChI=1S/C9H12BrN3O/c1-5(2)9(14)13-8-7(10)3-6(11)4-12-8/h3-5H,11H2,1-2H3,(H,12,13,14). The molecule has 0 atom stereocenters. The number of anilines is 2. The van der Waals surface area contributed by atoms with Crippen LogP contribution in [0.3, 0.4) is 0 Å². The van der Waals surface area contributed by atoms with Gasteiger partial charge in [0.2, 0.25) is 5.91 Å². The van der Waals surface area contributed by atoms with E-state index in [4.69, 9.17) is 5.73 Å². The second kappa shape index (κ2) is 4.41. The first-order valence-corrected chi connectivity index (χ1v) is 5.02. The Kier molecular flexibility index (Phi) is 3.46. The van der Waals surface area contributed by atoms with Crippen LogP contribution in [0.5, 0.6) is 0 Å². The Hall–Kier alpha value is -1.10. The van der Waals surface area contributed by atoms with E-state index in [1.54, 1.807) is 6.07 Å². The number of nitrogens with one attached hydrogen (secondary N) is 1. The van der Waals surface area contributed by atoms with Gasteiger partial charge in [-0.1, -0.05) is 13.8 Å². The van der Waals surface area contributed by atoms with Crippen LogP contribution >= 0.6 is 15.9 Å². The van der Waals surface area contributed by atoms with Crippen LogP contribution < -0.4 is 11.1 Å². The van der Waals surface area contributed by atoms with E-state index in [1.807, 2.05) is 13.8 Å². The Bertz CT molecular complexity index is 352. The summed E-state index contributed by atoms with van der Waals surface area (Å²) in [5, 5.41) is 2.68. The number of aromatic nitrogens is 1. The highest BCUT2D eigenvalue weighted by molar-refractivity contribution is 9.10. The van der Waals surface area contributed by atoms with E-state index in [-0.39, 0.29) is 11.8 Å². The van der Waals surface area contributed by atoms with Crippen molar-refractivity contribution < 1.29 is 4.79 Å². The van der Waals surface area contributed by atoms with Gasteiger partial charge in [-0.25, -0.2) is 4.98 Å². The second-order valence-corrected chi connectivity index (χ2v) is 4.10. The fourth-order valence-corrected chi connectivity index (χ4v) is 1.27. The predicted octanol–water partition coefficient (Wildman–Crippen LogP) is 2.02. The zero-order valence-corrected chi connectivity index (χ0v) is 9.63. The number of carbonyl (C=O) groups is 1. The number of nitrogen functional groups attached to an aromatic ring is 1. The number of amides is 1. The lowest BCUT2D eigenvalue weighted by Gasteiger charge is -2.08. The highest BCUT2D eigenvalue weighted by Crippen LogP contribution is 2.21. The van der Waals surface area contributed by atoms with Gasteiger partial charge in [-0.3, -0.25) is 4.79 Å². The summed E-state index contributed by atoms with van der Waals surface area (Å²) in [6.45, 7) is 3.64. The van der Waals surface area contributed by atoms with Gasteiger partial charge in [0, 0.05) is 5.92 Å². The minimum absolute atomic E-state index is 0.0667. The zero-order chi connectivity index (χ0) is 10.7. The number of pyridine rings is 1. The topological polar surface area (TPSA) is 68.0 Å². The van der Waals surface area contributed by atoms with Crippen molar-refractivity contribution >= 4 is 33.3 Å². The summed E-state index contributed by atoms with van der Waals surface area (Å²) in [6.07, 6.45) is 1.50. The summed E-state index contributed by atoms with van der Waals surface area (Å²) < 4.78 is 0.687. The molecule has 0 unspecified atom stereocenters. The lowest BCUT2D eigenvalue weighted by Crippen LogP contribution is -2.18. The van der Waals surface area contributed by atoms with E-state index in [2.05, 4.69) is 26.2 Å². The molecule has 0 aliphatic rings. The Balaban J connectivity index is 2.82. The lowest BCUT2D eigenvalue weighted by atomic mass is 10.2. The number of hydrogen-bond donors (Lipinski definition) is 2. The van der Waals surface area contributed by atoms with Gasteiger partial charge in [0.15, 0.2) is 0 Å². The molecule has 0 fully saturated rings. The van der Waals surface area contributed by atoms with Crippen molar-refractivity contribution in [2.75, 3.05) is 11.1 Å². The fraction of sp³-hybridized carbons (Fsp3) is 0.333. The van der Waals surface area contributed by atoms with Crippen LogP contribution in [0.25, 0.3) is 0 Å². The largest absolute Gasteiger partial charge is 0.397 e. The van der Waals surface area contributed by atoms with Crippen molar-refractivity contribution in [2.45, 2.75) is 13.8 Å². The molecule has 1 aromatic heterocycles. The molecule has 3 N–H and O–H groups in total. The number of carbonyl (C=O) groups excluding carboxylic acids is 1. The van der Waals surface area contributed by atoms with E-state index in [0.29, 0.717) is 16.0 Å². The van der Waals surface area contributed by atoms with Crippen molar-refractivity contribution in [3.8, 4) is 0 Å². The van der Waals surface area contributed by atoms with Crippen LogP contribution in [-0.2, 0) is 4.79 Å². The van der Waals surface area contributed by atoms with Crippen LogP contribution in [0.1, 0.15) is 13.8 Å². The van der Waals surface area contributed by atoms with Gasteiger partial charge in [-0.15, -0.1) is 0 Å². The summed E-state index contributed by atoms with van der Waals surface area (Å²) >= 11 is 3.27. The molecule has 1 rings (SSSR count). The number of rotatable bonds is 2. The molecule has 0 spiro atoms. The molecule has 0 radical (unpaired) electrons. The molecule has 0 aromatic carbocycles. The first-order chi connectivity index (χ1) is 6.50. The van der Waals surface area contributed by atoms with E-state index in [9.17, 15) is 4.79 Å². The van der Waals surface area contributed by atoms with Gasteiger partial charge >= 0.3 is 0 Å². The summed E-state index contributed by atoms with van der Waals surface area (Å²) in [4.78, 5) is 15.3. The molecule has 0 aliphatic carbocycles. The molecule has 4 nitrogen and oxygen atoms in total. The second-order valence-electron chi connectivity index (χ2n) is 3.24. The van der Waals surface area contributed by atoms with Gasteiger partial charge in [0.25, 0.3) is 0 Å². The first kappa shape index (κ1) is 11.0. The third kappa shape index (κ3) is 2.70. The average molecular weight is 258 g/mol. The van der Waals surface area contributed by atoms with Crippen LogP contribution in [-0.4, -0.2) is 10.9 Å². The molecule has 0 saturated heterocycles. The predicted molar refractivity (Wildman–Crippen MR) is 59.8 cm³/mol. The van der Waals surface area contributed by atoms with Gasteiger partial charge in [-0.05, 0) is 22.0 Å².